The molecule has 1 aromatic carbocycles. The first-order valence-corrected chi connectivity index (χ1v) is 7.84. The molecule has 1 aromatic heterocycles. The first kappa shape index (κ1) is 15.0. The van der Waals surface area contributed by atoms with Gasteiger partial charge in [0.05, 0.1) is 16.8 Å². The first-order valence-electron chi connectivity index (χ1n) is 6.24. The van der Waals surface area contributed by atoms with E-state index in [1.54, 1.807) is 24.0 Å². The second-order valence-electron chi connectivity index (χ2n) is 5.14. The zero-order valence-electron chi connectivity index (χ0n) is 11.7. The fourth-order valence-electron chi connectivity index (χ4n) is 1.81. The molecular weight excluding hydrogens is 290 g/mol. The number of aromatic nitrogens is 1. The molecule has 2 aromatic rings. The van der Waals surface area contributed by atoms with E-state index in [2.05, 4.69) is 36.5 Å². The molecule has 0 unspecified atom stereocenters. The summed E-state index contributed by atoms with van der Waals surface area (Å²) in [5, 5.41) is 14.2. The summed E-state index contributed by atoms with van der Waals surface area (Å²) >= 11 is 7.84. The zero-order chi connectivity index (χ0) is 14.8. The molecule has 0 spiro atoms. The van der Waals surface area contributed by atoms with Gasteiger partial charge in [-0.2, -0.15) is 17.0 Å². The number of hydrogen-bond donors (Lipinski definition) is 1. The molecule has 0 fully saturated rings. The van der Waals surface area contributed by atoms with E-state index >= 15 is 0 Å². The highest BCUT2D eigenvalue weighted by atomic mass is 35.5. The minimum absolute atomic E-state index is 0.0842. The highest BCUT2D eigenvalue weighted by Gasteiger charge is 2.17. The highest BCUT2D eigenvalue weighted by molar-refractivity contribution is 7.99. The number of thioether (sulfide) groups is 1. The molecule has 1 heterocycles. The van der Waals surface area contributed by atoms with Crippen molar-refractivity contribution in [2.24, 2.45) is 0 Å². The summed E-state index contributed by atoms with van der Waals surface area (Å²) in [6, 6.07) is 7.70. The largest absolute Gasteiger partial charge is 0.382 e. The minimum Gasteiger partial charge on any atom is -0.382 e. The molecule has 104 valence electrons. The van der Waals surface area contributed by atoms with Gasteiger partial charge in [-0.05, 0) is 38.3 Å². The predicted octanol–water partition coefficient (Wildman–Crippen LogP) is 4.31. The Morgan fingerprint density at radius 1 is 1.45 bits per heavy atom. The van der Waals surface area contributed by atoms with Crippen molar-refractivity contribution in [3.05, 3.63) is 35.0 Å². The van der Waals surface area contributed by atoms with Gasteiger partial charge in [0.25, 0.3) is 0 Å². The molecular formula is C15H16ClN3S. The lowest BCUT2D eigenvalue weighted by atomic mass is 10.1. The van der Waals surface area contributed by atoms with Crippen LogP contribution in [0, 0.1) is 11.3 Å². The lowest BCUT2D eigenvalue weighted by Gasteiger charge is -2.23. The summed E-state index contributed by atoms with van der Waals surface area (Å²) in [4.78, 5) is 4.29. The van der Waals surface area contributed by atoms with Gasteiger partial charge in [-0.1, -0.05) is 11.6 Å². The van der Waals surface area contributed by atoms with Gasteiger partial charge in [-0.3, -0.25) is 4.98 Å². The Bertz CT molecular complexity index is 677. The van der Waals surface area contributed by atoms with Crippen LogP contribution in [0.1, 0.15) is 19.4 Å². The predicted molar refractivity (Wildman–Crippen MR) is 87.6 cm³/mol. The Kier molecular flexibility index (Phi) is 4.42. The van der Waals surface area contributed by atoms with Crippen LogP contribution in [-0.4, -0.2) is 22.5 Å². The molecule has 20 heavy (non-hydrogen) atoms. The summed E-state index contributed by atoms with van der Waals surface area (Å²) in [6.45, 7) is 5.08. The molecule has 0 atom stereocenters. The molecule has 3 nitrogen and oxygen atoms in total. The van der Waals surface area contributed by atoms with Gasteiger partial charge in [0.2, 0.25) is 0 Å². The van der Waals surface area contributed by atoms with Crippen LogP contribution in [0.5, 0.6) is 0 Å². The molecule has 0 bridgehead atoms. The van der Waals surface area contributed by atoms with Crippen molar-refractivity contribution in [3.63, 3.8) is 0 Å². The van der Waals surface area contributed by atoms with Crippen LogP contribution in [0.25, 0.3) is 10.9 Å². The van der Waals surface area contributed by atoms with E-state index in [0.29, 0.717) is 10.6 Å². The van der Waals surface area contributed by atoms with E-state index in [-0.39, 0.29) is 4.75 Å². The normalized spacial score (nSPS) is 11.3. The average Bonchev–Trinajstić information content (AvgIpc) is 2.44. The van der Waals surface area contributed by atoms with Crippen molar-refractivity contribution < 1.29 is 0 Å². The van der Waals surface area contributed by atoms with E-state index in [1.165, 1.54) is 0 Å². The number of hydrogen-bond acceptors (Lipinski definition) is 4. The quantitative estimate of drug-likeness (QED) is 0.914. The average molecular weight is 306 g/mol. The summed E-state index contributed by atoms with van der Waals surface area (Å²) in [7, 11) is 0. The second-order valence-corrected chi connectivity index (χ2v) is 7.09. The van der Waals surface area contributed by atoms with Crippen LogP contribution in [0.2, 0.25) is 5.02 Å². The number of fused-ring (bicyclic) bond motifs is 1. The number of pyridine rings is 1. The minimum atomic E-state index is 0.0842. The van der Waals surface area contributed by atoms with E-state index in [1.807, 2.05) is 12.1 Å². The molecule has 0 saturated carbocycles. The lowest BCUT2D eigenvalue weighted by Crippen LogP contribution is -2.26. The van der Waals surface area contributed by atoms with Crippen LogP contribution in [-0.2, 0) is 0 Å². The van der Waals surface area contributed by atoms with Gasteiger partial charge in [0.1, 0.15) is 6.07 Å². The second kappa shape index (κ2) is 5.90. The van der Waals surface area contributed by atoms with E-state index in [0.717, 1.165) is 23.1 Å². The maximum absolute atomic E-state index is 9.27. The standard InChI is InChI=1S/C15H16ClN3S/c1-15(2,20-3)9-19-14-10(7-17)8-18-13-5-4-11(16)6-12(13)14/h4-6,8H,9H2,1-3H3,(H,18,19). The molecule has 1 N–H and O–H groups in total. The van der Waals surface area contributed by atoms with Crippen molar-refractivity contribution in [1.82, 2.24) is 4.98 Å². The van der Waals surface area contributed by atoms with Crippen molar-refractivity contribution in [2.75, 3.05) is 18.1 Å². The van der Waals surface area contributed by atoms with E-state index in [9.17, 15) is 5.26 Å². The highest BCUT2D eigenvalue weighted by Crippen LogP contribution is 2.30. The molecule has 0 saturated heterocycles. The zero-order valence-corrected chi connectivity index (χ0v) is 13.3. The Balaban J connectivity index is 2.49. The number of halogens is 1. The van der Waals surface area contributed by atoms with Gasteiger partial charge < -0.3 is 5.32 Å². The van der Waals surface area contributed by atoms with Crippen LogP contribution >= 0.6 is 23.4 Å². The van der Waals surface area contributed by atoms with Gasteiger partial charge in [0, 0.05) is 27.9 Å². The monoisotopic (exact) mass is 305 g/mol. The molecule has 0 aliphatic rings. The van der Waals surface area contributed by atoms with Crippen LogP contribution < -0.4 is 5.32 Å². The topological polar surface area (TPSA) is 48.7 Å². The van der Waals surface area contributed by atoms with Gasteiger partial charge in [-0.15, -0.1) is 0 Å². The number of anilines is 1. The third kappa shape index (κ3) is 3.17. The van der Waals surface area contributed by atoms with Gasteiger partial charge in [-0.25, -0.2) is 0 Å². The van der Waals surface area contributed by atoms with Crippen LogP contribution in [0.4, 0.5) is 5.69 Å². The molecule has 5 heteroatoms. The van der Waals surface area contributed by atoms with E-state index in [4.69, 9.17) is 11.6 Å². The van der Waals surface area contributed by atoms with Crippen molar-refractivity contribution >= 4 is 40.0 Å². The molecule has 0 amide bonds. The number of nitrogens with one attached hydrogen (secondary N) is 1. The smallest absolute Gasteiger partial charge is 0.103 e. The number of nitriles is 1. The Morgan fingerprint density at radius 3 is 2.85 bits per heavy atom. The molecule has 0 aliphatic carbocycles. The summed E-state index contributed by atoms with van der Waals surface area (Å²) in [5.41, 5.74) is 2.18. The molecule has 0 radical (unpaired) electrons. The summed E-state index contributed by atoms with van der Waals surface area (Å²) in [6.07, 6.45) is 3.68. The van der Waals surface area contributed by atoms with Crippen molar-refractivity contribution in [1.29, 1.82) is 5.26 Å². The third-order valence-electron chi connectivity index (χ3n) is 3.19. The molecule has 2 rings (SSSR count). The van der Waals surface area contributed by atoms with Crippen LogP contribution in [0.3, 0.4) is 0 Å². The van der Waals surface area contributed by atoms with Gasteiger partial charge in [0.15, 0.2) is 0 Å². The van der Waals surface area contributed by atoms with E-state index < -0.39 is 0 Å². The van der Waals surface area contributed by atoms with Crippen molar-refractivity contribution in [2.45, 2.75) is 18.6 Å². The Hall–Kier alpha value is -1.44. The lowest BCUT2D eigenvalue weighted by molar-refractivity contribution is 0.753. The fraction of sp³-hybridized carbons (Fsp3) is 0.333. The molecule has 0 aliphatic heterocycles. The van der Waals surface area contributed by atoms with Crippen molar-refractivity contribution in [3.8, 4) is 6.07 Å². The Labute approximate surface area is 128 Å². The fourth-order valence-corrected chi connectivity index (χ4v) is 2.20. The number of rotatable bonds is 4. The number of nitrogens with zero attached hydrogens (tertiary/aromatic N) is 2. The maximum atomic E-state index is 9.27. The number of benzene rings is 1. The Morgan fingerprint density at radius 2 is 2.20 bits per heavy atom. The maximum Gasteiger partial charge on any atom is 0.103 e. The van der Waals surface area contributed by atoms with Gasteiger partial charge >= 0.3 is 0 Å². The first-order chi connectivity index (χ1) is 9.46. The summed E-state index contributed by atoms with van der Waals surface area (Å²) in [5.74, 6) is 0. The SMILES string of the molecule is CSC(C)(C)CNc1c(C#N)cnc2ccc(Cl)cc12. The summed E-state index contributed by atoms with van der Waals surface area (Å²) < 4.78 is 0.0842. The van der Waals surface area contributed by atoms with Crippen LogP contribution in [0.15, 0.2) is 24.4 Å². The third-order valence-corrected chi connectivity index (χ3v) is 4.68.